The van der Waals surface area contributed by atoms with Crippen LogP contribution in [0.15, 0.2) is 29.3 Å². The number of halogens is 1. The van der Waals surface area contributed by atoms with Crippen molar-refractivity contribution in [1.82, 2.24) is 15.5 Å². The zero-order valence-corrected chi connectivity index (χ0v) is 19.0. The maximum absolute atomic E-state index is 5.42. The van der Waals surface area contributed by atoms with Gasteiger partial charge in [-0.1, -0.05) is 31.2 Å². The Morgan fingerprint density at radius 2 is 1.92 bits per heavy atom. The van der Waals surface area contributed by atoms with Crippen molar-refractivity contribution in [1.29, 1.82) is 0 Å². The zero-order chi connectivity index (χ0) is 18.1. The summed E-state index contributed by atoms with van der Waals surface area (Å²) in [6.45, 7) is 15.3. The molecule has 148 valence electrons. The van der Waals surface area contributed by atoms with Crippen LogP contribution in [-0.2, 0) is 4.74 Å². The molecule has 1 saturated heterocycles. The fourth-order valence-electron chi connectivity index (χ4n) is 3.20. The topological polar surface area (TPSA) is 48.9 Å². The van der Waals surface area contributed by atoms with Crippen molar-refractivity contribution >= 4 is 29.9 Å². The van der Waals surface area contributed by atoms with E-state index in [9.17, 15) is 0 Å². The van der Waals surface area contributed by atoms with Crippen LogP contribution in [0.3, 0.4) is 0 Å². The highest BCUT2D eigenvalue weighted by molar-refractivity contribution is 14.0. The van der Waals surface area contributed by atoms with Gasteiger partial charge in [0.15, 0.2) is 5.96 Å². The monoisotopic (exact) mass is 474 g/mol. The molecule has 1 aromatic carbocycles. The molecule has 0 spiro atoms. The SMILES string of the molecule is CCNC(=NCC(C)CN1CCOCC1)NC(C)c1ccccc1C.I. The molecule has 1 fully saturated rings. The molecule has 26 heavy (non-hydrogen) atoms. The van der Waals surface area contributed by atoms with E-state index in [0.29, 0.717) is 5.92 Å². The predicted octanol–water partition coefficient (Wildman–Crippen LogP) is 3.20. The Labute approximate surface area is 176 Å². The lowest BCUT2D eigenvalue weighted by Crippen LogP contribution is -2.41. The van der Waals surface area contributed by atoms with Gasteiger partial charge in [-0.05, 0) is 37.8 Å². The van der Waals surface area contributed by atoms with Gasteiger partial charge in [0.05, 0.1) is 19.3 Å². The highest BCUT2D eigenvalue weighted by Crippen LogP contribution is 2.16. The predicted molar refractivity (Wildman–Crippen MR) is 121 cm³/mol. The van der Waals surface area contributed by atoms with E-state index in [2.05, 4.69) is 67.5 Å². The number of hydrogen-bond donors (Lipinski definition) is 2. The molecule has 0 amide bonds. The lowest BCUT2D eigenvalue weighted by molar-refractivity contribution is 0.0323. The summed E-state index contributed by atoms with van der Waals surface area (Å²) in [6, 6.07) is 8.74. The second-order valence-corrected chi connectivity index (χ2v) is 6.96. The molecule has 2 unspecified atom stereocenters. The summed E-state index contributed by atoms with van der Waals surface area (Å²) in [5.74, 6) is 1.43. The molecular formula is C20H35IN4O. The molecule has 6 heteroatoms. The van der Waals surface area contributed by atoms with Crippen LogP contribution in [0.25, 0.3) is 0 Å². The van der Waals surface area contributed by atoms with Gasteiger partial charge in [0.2, 0.25) is 0 Å². The summed E-state index contributed by atoms with van der Waals surface area (Å²) in [6.07, 6.45) is 0. The van der Waals surface area contributed by atoms with E-state index in [-0.39, 0.29) is 30.0 Å². The van der Waals surface area contributed by atoms with Crippen molar-refractivity contribution in [3.05, 3.63) is 35.4 Å². The number of aliphatic imine (C=N–C) groups is 1. The maximum Gasteiger partial charge on any atom is 0.191 e. The average molecular weight is 474 g/mol. The number of guanidine groups is 1. The van der Waals surface area contributed by atoms with Gasteiger partial charge in [-0.2, -0.15) is 0 Å². The number of nitrogens with one attached hydrogen (secondary N) is 2. The number of hydrogen-bond acceptors (Lipinski definition) is 3. The number of ether oxygens (including phenoxy) is 1. The van der Waals surface area contributed by atoms with Crippen LogP contribution < -0.4 is 10.6 Å². The Morgan fingerprint density at radius 3 is 2.58 bits per heavy atom. The van der Waals surface area contributed by atoms with Crippen LogP contribution in [0.2, 0.25) is 0 Å². The minimum Gasteiger partial charge on any atom is -0.379 e. The van der Waals surface area contributed by atoms with Gasteiger partial charge in [-0.25, -0.2) is 0 Å². The number of benzene rings is 1. The molecule has 0 saturated carbocycles. The van der Waals surface area contributed by atoms with Gasteiger partial charge in [0.1, 0.15) is 0 Å². The Morgan fingerprint density at radius 1 is 1.23 bits per heavy atom. The molecule has 2 rings (SSSR count). The fraction of sp³-hybridized carbons (Fsp3) is 0.650. The van der Waals surface area contributed by atoms with Gasteiger partial charge in [0, 0.05) is 32.7 Å². The van der Waals surface area contributed by atoms with E-state index in [1.807, 2.05) is 0 Å². The summed E-state index contributed by atoms with van der Waals surface area (Å²) in [4.78, 5) is 7.28. The van der Waals surface area contributed by atoms with Crippen molar-refractivity contribution in [2.24, 2.45) is 10.9 Å². The van der Waals surface area contributed by atoms with Crippen LogP contribution in [0.1, 0.15) is 37.9 Å². The Kier molecular flexibility index (Phi) is 11.2. The Balaban J connectivity index is 0.00000338. The molecule has 1 heterocycles. The van der Waals surface area contributed by atoms with Crippen molar-refractivity contribution in [2.75, 3.05) is 45.9 Å². The molecule has 0 aromatic heterocycles. The maximum atomic E-state index is 5.42. The van der Waals surface area contributed by atoms with Gasteiger partial charge < -0.3 is 15.4 Å². The lowest BCUT2D eigenvalue weighted by atomic mass is 10.0. The molecular weight excluding hydrogens is 439 g/mol. The third-order valence-electron chi connectivity index (χ3n) is 4.59. The third-order valence-corrected chi connectivity index (χ3v) is 4.59. The van der Waals surface area contributed by atoms with Crippen LogP contribution in [0, 0.1) is 12.8 Å². The summed E-state index contributed by atoms with van der Waals surface area (Å²) in [5.41, 5.74) is 2.62. The molecule has 1 aromatic rings. The van der Waals surface area contributed by atoms with Crippen LogP contribution in [0.4, 0.5) is 0 Å². The van der Waals surface area contributed by atoms with Crippen LogP contribution in [0.5, 0.6) is 0 Å². The smallest absolute Gasteiger partial charge is 0.191 e. The molecule has 1 aliphatic rings. The van der Waals surface area contributed by atoms with E-state index in [1.54, 1.807) is 0 Å². The lowest BCUT2D eigenvalue weighted by Gasteiger charge is -2.28. The van der Waals surface area contributed by atoms with E-state index in [1.165, 1.54) is 11.1 Å². The minimum atomic E-state index is 0. The number of aryl methyl sites for hydroxylation is 1. The van der Waals surface area contributed by atoms with Gasteiger partial charge in [-0.15, -0.1) is 24.0 Å². The zero-order valence-electron chi connectivity index (χ0n) is 16.6. The standard InChI is InChI=1S/C20H34N4O.HI/c1-5-21-20(23-18(4)19-9-7-6-8-17(19)3)22-14-16(2)15-24-10-12-25-13-11-24;/h6-9,16,18H,5,10-15H2,1-4H3,(H2,21,22,23);1H. The highest BCUT2D eigenvalue weighted by atomic mass is 127. The second-order valence-electron chi connectivity index (χ2n) is 6.96. The first-order chi connectivity index (χ1) is 12.1. The van der Waals surface area contributed by atoms with Crippen molar-refractivity contribution in [3.8, 4) is 0 Å². The third kappa shape index (κ3) is 7.80. The summed E-state index contributed by atoms with van der Waals surface area (Å²) >= 11 is 0. The van der Waals surface area contributed by atoms with E-state index in [0.717, 1.165) is 51.9 Å². The van der Waals surface area contributed by atoms with Crippen molar-refractivity contribution in [2.45, 2.75) is 33.7 Å². The highest BCUT2D eigenvalue weighted by Gasteiger charge is 2.14. The van der Waals surface area contributed by atoms with Gasteiger partial charge in [0.25, 0.3) is 0 Å². The molecule has 5 nitrogen and oxygen atoms in total. The molecule has 2 atom stereocenters. The Hall–Kier alpha value is -0.860. The van der Waals surface area contributed by atoms with Gasteiger partial charge in [-0.3, -0.25) is 9.89 Å². The first-order valence-electron chi connectivity index (χ1n) is 9.50. The largest absolute Gasteiger partial charge is 0.379 e. The first kappa shape index (κ1) is 23.2. The number of morpholine rings is 1. The molecule has 2 N–H and O–H groups in total. The molecule has 1 aliphatic heterocycles. The number of rotatable bonds is 7. The summed E-state index contributed by atoms with van der Waals surface area (Å²) < 4.78 is 5.42. The normalized spacial score (nSPS) is 17.9. The van der Waals surface area contributed by atoms with E-state index < -0.39 is 0 Å². The minimum absolute atomic E-state index is 0. The van der Waals surface area contributed by atoms with E-state index >= 15 is 0 Å². The van der Waals surface area contributed by atoms with E-state index in [4.69, 9.17) is 9.73 Å². The fourth-order valence-corrected chi connectivity index (χ4v) is 3.20. The molecule has 0 radical (unpaired) electrons. The van der Waals surface area contributed by atoms with Crippen LogP contribution >= 0.6 is 24.0 Å². The van der Waals surface area contributed by atoms with Crippen molar-refractivity contribution in [3.63, 3.8) is 0 Å². The van der Waals surface area contributed by atoms with Crippen LogP contribution in [-0.4, -0.2) is 56.8 Å². The van der Waals surface area contributed by atoms with Gasteiger partial charge >= 0.3 is 0 Å². The average Bonchev–Trinajstić information content (AvgIpc) is 2.61. The second kappa shape index (κ2) is 12.5. The first-order valence-corrected chi connectivity index (χ1v) is 9.50. The summed E-state index contributed by atoms with van der Waals surface area (Å²) in [5, 5.41) is 6.91. The molecule has 0 bridgehead atoms. The quantitative estimate of drug-likeness (QED) is 0.362. The molecule has 0 aliphatic carbocycles. The summed E-state index contributed by atoms with van der Waals surface area (Å²) in [7, 11) is 0. The van der Waals surface area contributed by atoms with Crippen molar-refractivity contribution < 1.29 is 4.74 Å². The Bertz CT molecular complexity index is 546. The number of nitrogens with zero attached hydrogens (tertiary/aromatic N) is 2.